The Morgan fingerprint density at radius 2 is 2.18 bits per heavy atom. The fraction of sp³-hybridized carbons (Fsp3) is 0.538. The minimum absolute atomic E-state index is 0.0656. The third kappa shape index (κ3) is 4.54. The van der Waals surface area contributed by atoms with Crippen LogP contribution in [-0.2, 0) is 4.74 Å². The smallest absolute Gasteiger partial charge is 0.123 e. The number of hydrogen-bond donors (Lipinski definition) is 1. The molecule has 0 aromatic heterocycles. The first kappa shape index (κ1) is 14.3. The van der Waals surface area contributed by atoms with Gasteiger partial charge in [-0.1, -0.05) is 11.6 Å². The maximum atomic E-state index is 6.13. The van der Waals surface area contributed by atoms with Crippen molar-refractivity contribution in [3.63, 3.8) is 0 Å². The van der Waals surface area contributed by atoms with E-state index in [1.165, 1.54) is 0 Å². The van der Waals surface area contributed by atoms with E-state index in [2.05, 4.69) is 0 Å². The highest BCUT2D eigenvalue weighted by Gasteiger charge is 2.12. The van der Waals surface area contributed by atoms with Crippen molar-refractivity contribution >= 4 is 11.6 Å². The van der Waals surface area contributed by atoms with Crippen LogP contribution in [0.25, 0.3) is 0 Å². The highest BCUT2D eigenvalue weighted by Crippen LogP contribution is 2.29. The van der Waals surface area contributed by atoms with Crippen LogP contribution in [0.5, 0.6) is 5.75 Å². The molecular formula is C13H20ClNO2. The molecule has 1 atom stereocenters. The molecule has 0 radical (unpaired) electrons. The highest BCUT2D eigenvalue weighted by atomic mass is 35.5. The number of methoxy groups -OCH3 is 1. The number of nitrogens with two attached hydrogens (primary N) is 1. The molecule has 0 aliphatic heterocycles. The van der Waals surface area contributed by atoms with Gasteiger partial charge in [0.2, 0.25) is 0 Å². The van der Waals surface area contributed by atoms with Gasteiger partial charge in [0.05, 0.1) is 7.11 Å². The lowest BCUT2D eigenvalue weighted by Crippen LogP contribution is -2.12. The molecule has 1 aromatic carbocycles. The number of rotatable bonds is 7. The van der Waals surface area contributed by atoms with Gasteiger partial charge >= 0.3 is 0 Å². The summed E-state index contributed by atoms with van der Waals surface area (Å²) in [5.74, 6) is 0.790. The number of hydrogen-bond acceptors (Lipinski definition) is 3. The van der Waals surface area contributed by atoms with E-state index in [0.717, 1.165) is 37.4 Å². The van der Waals surface area contributed by atoms with E-state index in [0.29, 0.717) is 5.02 Å². The lowest BCUT2D eigenvalue weighted by atomic mass is 10.0. The normalized spacial score (nSPS) is 12.5. The molecule has 0 bridgehead atoms. The maximum absolute atomic E-state index is 6.13. The zero-order valence-electron chi connectivity index (χ0n) is 10.4. The van der Waals surface area contributed by atoms with Crippen LogP contribution >= 0.6 is 11.6 Å². The van der Waals surface area contributed by atoms with Crippen LogP contribution in [0.4, 0.5) is 0 Å². The molecule has 96 valence electrons. The molecule has 0 heterocycles. The van der Waals surface area contributed by atoms with Crippen molar-refractivity contribution in [1.29, 1.82) is 0 Å². The van der Waals surface area contributed by atoms with E-state index >= 15 is 0 Å². The average molecular weight is 258 g/mol. The second-order valence-electron chi connectivity index (χ2n) is 3.83. The monoisotopic (exact) mass is 257 g/mol. The summed E-state index contributed by atoms with van der Waals surface area (Å²) in [6.45, 7) is 3.47. The third-order valence-corrected chi connectivity index (χ3v) is 2.83. The SMILES string of the molecule is CCOCCCC(N)c1cc(Cl)ccc1OC. The van der Waals surface area contributed by atoms with Crippen molar-refractivity contribution in [1.82, 2.24) is 0 Å². The summed E-state index contributed by atoms with van der Waals surface area (Å²) in [7, 11) is 1.64. The molecule has 1 aromatic rings. The summed E-state index contributed by atoms with van der Waals surface area (Å²) in [5, 5.41) is 0.682. The van der Waals surface area contributed by atoms with E-state index in [1.54, 1.807) is 13.2 Å². The van der Waals surface area contributed by atoms with Crippen LogP contribution in [0.2, 0.25) is 5.02 Å². The van der Waals surface area contributed by atoms with Crippen molar-refractivity contribution in [2.75, 3.05) is 20.3 Å². The zero-order valence-corrected chi connectivity index (χ0v) is 11.2. The second-order valence-corrected chi connectivity index (χ2v) is 4.27. The van der Waals surface area contributed by atoms with Crippen LogP contribution in [-0.4, -0.2) is 20.3 Å². The molecule has 0 amide bonds. The molecule has 1 unspecified atom stereocenters. The largest absolute Gasteiger partial charge is 0.496 e. The summed E-state index contributed by atoms with van der Waals surface area (Å²) in [4.78, 5) is 0. The maximum Gasteiger partial charge on any atom is 0.123 e. The molecule has 0 fully saturated rings. The predicted octanol–water partition coefficient (Wildman–Crippen LogP) is 3.17. The van der Waals surface area contributed by atoms with Crippen LogP contribution in [0, 0.1) is 0 Å². The Labute approximate surface area is 108 Å². The quantitative estimate of drug-likeness (QED) is 0.763. The topological polar surface area (TPSA) is 44.5 Å². The molecule has 1 rings (SSSR count). The van der Waals surface area contributed by atoms with Crippen molar-refractivity contribution in [2.24, 2.45) is 5.73 Å². The van der Waals surface area contributed by atoms with Gasteiger partial charge < -0.3 is 15.2 Å². The Morgan fingerprint density at radius 1 is 1.41 bits per heavy atom. The van der Waals surface area contributed by atoms with E-state index in [-0.39, 0.29) is 6.04 Å². The van der Waals surface area contributed by atoms with Crippen LogP contribution in [0.15, 0.2) is 18.2 Å². The lowest BCUT2D eigenvalue weighted by molar-refractivity contribution is 0.142. The Kier molecular flexibility index (Phi) is 6.34. The summed E-state index contributed by atoms with van der Waals surface area (Å²) in [5.41, 5.74) is 7.08. The van der Waals surface area contributed by atoms with Gasteiger partial charge in [0.15, 0.2) is 0 Å². The van der Waals surface area contributed by atoms with Gasteiger partial charge in [0.25, 0.3) is 0 Å². The minimum atomic E-state index is -0.0656. The fourth-order valence-electron chi connectivity index (χ4n) is 1.70. The van der Waals surface area contributed by atoms with Crippen LogP contribution < -0.4 is 10.5 Å². The number of halogens is 1. The Bertz CT molecular complexity index is 344. The standard InChI is InChI=1S/C13H20ClNO2/c1-3-17-8-4-5-12(15)11-9-10(14)6-7-13(11)16-2/h6-7,9,12H,3-5,8,15H2,1-2H3. The molecule has 0 saturated carbocycles. The lowest BCUT2D eigenvalue weighted by Gasteiger charge is -2.16. The molecule has 17 heavy (non-hydrogen) atoms. The molecular weight excluding hydrogens is 238 g/mol. The van der Waals surface area contributed by atoms with Crippen molar-refractivity contribution in [2.45, 2.75) is 25.8 Å². The molecule has 0 spiro atoms. The van der Waals surface area contributed by atoms with Gasteiger partial charge in [-0.05, 0) is 38.0 Å². The van der Waals surface area contributed by atoms with Crippen LogP contribution in [0.3, 0.4) is 0 Å². The number of ether oxygens (including phenoxy) is 2. The molecule has 3 nitrogen and oxygen atoms in total. The molecule has 2 N–H and O–H groups in total. The fourth-order valence-corrected chi connectivity index (χ4v) is 1.88. The average Bonchev–Trinajstić information content (AvgIpc) is 2.34. The van der Waals surface area contributed by atoms with Crippen molar-refractivity contribution in [3.05, 3.63) is 28.8 Å². The van der Waals surface area contributed by atoms with Crippen molar-refractivity contribution in [3.8, 4) is 5.75 Å². The van der Waals surface area contributed by atoms with Gasteiger partial charge in [-0.2, -0.15) is 0 Å². The Balaban J connectivity index is 2.60. The van der Waals surface area contributed by atoms with Gasteiger partial charge in [-0.15, -0.1) is 0 Å². The first-order chi connectivity index (χ1) is 8.19. The van der Waals surface area contributed by atoms with Gasteiger partial charge in [0, 0.05) is 29.8 Å². The Hall–Kier alpha value is -0.770. The molecule has 4 heteroatoms. The Morgan fingerprint density at radius 3 is 2.82 bits per heavy atom. The minimum Gasteiger partial charge on any atom is -0.496 e. The van der Waals surface area contributed by atoms with E-state index in [9.17, 15) is 0 Å². The van der Waals surface area contributed by atoms with Crippen LogP contribution in [0.1, 0.15) is 31.4 Å². The number of benzene rings is 1. The van der Waals surface area contributed by atoms with E-state index in [1.807, 2.05) is 19.1 Å². The summed E-state index contributed by atoms with van der Waals surface area (Å²) in [6, 6.07) is 5.45. The first-order valence-corrected chi connectivity index (χ1v) is 6.23. The van der Waals surface area contributed by atoms with E-state index in [4.69, 9.17) is 26.8 Å². The predicted molar refractivity (Wildman–Crippen MR) is 70.7 cm³/mol. The van der Waals surface area contributed by atoms with Gasteiger partial charge in [-0.25, -0.2) is 0 Å². The molecule has 0 saturated heterocycles. The molecule has 0 aliphatic rings. The summed E-state index contributed by atoms with van der Waals surface area (Å²) in [6.07, 6.45) is 1.79. The third-order valence-electron chi connectivity index (χ3n) is 2.60. The second kappa shape index (κ2) is 7.54. The van der Waals surface area contributed by atoms with E-state index < -0.39 is 0 Å². The van der Waals surface area contributed by atoms with Gasteiger partial charge in [0.1, 0.15) is 5.75 Å². The highest BCUT2D eigenvalue weighted by molar-refractivity contribution is 6.30. The van der Waals surface area contributed by atoms with Crippen molar-refractivity contribution < 1.29 is 9.47 Å². The first-order valence-electron chi connectivity index (χ1n) is 5.85. The summed E-state index contributed by atoms with van der Waals surface area (Å²) < 4.78 is 10.6. The summed E-state index contributed by atoms with van der Waals surface area (Å²) >= 11 is 5.97. The zero-order chi connectivity index (χ0) is 12.7. The van der Waals surface area contributed by atoms with Gasteiger partial charge in [-0.3, -0.25) is 0 Å². The molecule has 0 aliphatic carbocycles.